The molecule has 0 amide bonds. The standard InChI is InChI=1S/C11H21NO5S/c1-11(2,3)10(13)17-12-6-4-9(5-7-12)8-18(14,15)16/h9H,4-8H2,1-3H3,(H,14,15,16). The molecule has 0 aliphatic carbocycles. The van der Waals surface area contributed by atoms with E-state index in [4.69, 9.17) is 9.39 Å². The Balaban J connectivity index is 2.39. The van der Waals surface area contributed by atoms with Gasteiger partial charge in [-0.3, -0.25) is 4.55 Å². The summed E-state index contributed by atoms with van der Waals surface area (Å²) in [6, 6.07) is 0. The molecule has 106 valence electrons. The van der Waals surface area contributed by atoms with E-state index >= 15 is 0 Å². The minimum atomic E-state index is -3.91. The number of hydrogen-bond acceptors (Lipinski definition) is 5. The summed E-state index contributed by atoms with van der Waals surface area (Å²) in [6.45, 7) is 6.34. The van der Waals surface area contributed by atoms with Gasteiger partial charge in [-0.25, -0.2) is 4.79 Å². The van der Waals surface area contributed by atoms with Gasteiger partial charge in [0, 0.05) is 13.1 Å². The van der Waals surface area contributed by atoms with E-state index in [1.807, 2.05) is 0 Å². The monoisotopic (exact) mass is 279 g/mol. The van der Waals surface area contributed by atoms with Crippen molar-refractivity contribution in [2.24, 2.45) is 11.3 Å². The molecule has 0 spiro atoms. The van der Waals surface area contributed by atoms with Crippen LogP contribution < -0.4 is 0 Å². The summed E-state index contributed by atoms with van der Waals surface area (Å²) in [5, 5.41) is 1.56. The smallest absolute Gasteiger partial charge is 0.330 e. The van der Waals surface area contributed by atoms with Gasteiger partial charge in [-0.05, 0) is 39.5 Å². The zero-order valence-corrected chi connectivity index (χ0v) is 11.9. The molecular weight excluding hydrogens is 258 g/mol. The van der Waals surface area contributed by atoms with E-state index in [9.17, 15) is 13.2 Å². The number of hydrogen-bond donors (Lipinski definition) is 1. The molecule has 1 aliphatic heterocycles. The average molecular weight is 279 g/mol. The lowest BCUT2D eigenvalue weighted by atomic mass is 9.97. The van der Waals surface area contributed by atoms with Crippen molar-refractivity contribution in [3.05, 3.63) is 0 Å². The predicted molar refractivity (Wildman–Crippen MR) is 66.3 cm³/mol. The van der Waals surface area contributed by atoms with E-state index in [2.05, 4.69) is 0 Å². The van der Waals surface area contributed by atoms with Gasteiger partial charge in [0.2, 0.25) is 0 Å². The number of rotatable bonds is 3. The summed E-state index contributed by atoms with van der Waals surface area (Å²) < 4.78 is 30.3. The van der Waals surface area contributed by atoms with Crippen LogP contribution in [0.15, 0.2) is 0 Å². The fourth-order valence-electron chi connectivity index (χ4n) is 1.72. The number of carbonyl (C=O) groups is 1. The second-order valence-corrected chi connectivity index (χ2v) is 7.25. The highest BCUT2D eigenvalue weighted by atomic mass is 32.2. The molecule has 6 nitrogen and oxygen atoms in total. The van der Waals surface area contributed by atoms with Gasteiger partial charge >= 0.3 is 5.97 Å². The maximum atomic E-state index is 11.6. The lowest BCUT2D eigenvalue weighted by Gasteiger charge is -2.31. The fraction of sp³-hybridized carbons (Fsp3) is 0.909. The second kappa shape index (κ2) is 5.54. The van der Waals surface area contributed by atoms with Crippen molar-refractivity contribution in [2.75, 3.05) is 18.8 Å². The van der Waals surface area contributed by atoms with Gasteiger partial charge < -0.3 is 4.84 Å². The summed E-state index contributed by atoms with van der Waals surface area (Å²) in [7, 11) is -3.91. The first-order valence-electron chi connectivity index (χ1n) is 6.00. The number of carbonyl (C=O) groups excluding carboxylic acids is 1. The Morgan fingerprint density at radius 2 is 1.83 bits per heavy atom. The van der Waals surface area contributed by atoms with E-state index in [0.717, 1.165) is 0 Å². The van der Waals surface area contributed by atoms with Gasteiger partial charge in [-0.1, -0.05) is 0 Å². The third-order valence-corrected chi connectivity index (χ3v) is 3.74. The summed E-state index contributed by atoms with van der Waals surface area (Å²) in [4.78, 5) is 16.9. The lowest BCUT2D eigenvalue weighted by Crippen LogP contribution is -2.39. The molecule has 7 heteroatoms. The normalized spacial score (nSPS) is 19.8. The van der Waals surface area contributed by atoms with E-state index < -0.39 is 15.5 Å². The molecule has 1 N–H and O–H groups in total. The first kappa shape index (κ1) is 15.4. The van der Waals surface area contributed by atoms with Gasteiger partial charge in [0.05, 0.1) is 11.2 Å². The highest BCUT2D eigenvalue weighted by molar-refractivity contribution is 7.85. The Labute approximate surface area is 108 Å². The third-order valence-electron chi connectivity index (χ3n) is 2.84. The number of nitrogens with zero attached hydrogens (tertiary/aromatic N) is 1. The van der Waals surface area contributed by atoms with Gasteiger partial charge in [-0.15, -0.1) is 5.06 Å². The second-order valence-electron chi connectivity index (χ2n) is 5.75. The Morgan fingerprint density at radius 1 is 1.33 bits per heavy atom. The van der Waals surface area contributed by atoms with Crippen molar-refractivity contribution < 1.29 is 22.6 Å². The first-order valence-corrected chi connectivity index (χ1v) is 7.61. The van der Waals surface area contributed by atoms with Crippen LogP contribution >= 0.6 is 0 Å². The van der Waals surface area contributed by atoms with Crippen LogP contribution in [-0.2, 0) is 19.8 Å². The Bertz CT molecular complexity index is 390. The highest BCUT2D eigenvalue weighted by Crippen LogP contribution is 2.21. The molecule has 18 heavy (non-hydrogen) atoms. The van der Waals surface area contributed by atoms with Gasteiger partial charge in [0.25, 0.3) is 10.1 Å². The summed E-state index contributed by atoms with van der Waals surface area (Å²) in [6.07, 6.45) is 1.19. The molecule has 0 atom stereocenters. The maximum absolute atomic E-state index is 11.6. The summed E-state index contributed by atoms with van der Waals surface area (Å²) in [5.74, 6) is -0.575. The van der Waals surface area contributed by atoms with Gasteiger partial charge in [-0.2, -0.15) is 8.42 Å². The molecule has 1 fully saturated rings. The molecule has 1 rings (SSSR count). The average Bonchev–Trinajstić information content (AvgIpc) is 2.17. The largest absolute Gasteiger partial charge is 0.367 e. The van der Waals surface area contributed by atoms with Crippen molar-refractivity contribution in [1.29, 1.82) is 0 Å². The molecule has 0 aromatic rings. The van der Waals surface area contributed by atoms with Crippen molar-refractivity contribution in [3.63, 3.8) is 0 Å². The Morgan fingerprint density at radius 3 is 2.22 bits per heavy atom. The zero-order valence-electron chi connectivity index (χ0n) is 11.0. The molecule has 0 radical (unpaired) electrons. The molecular formula is C11H21NO5S. The third kappa shape index (κ3) is 5.32. The number of piperidine rings is 1. The summed E-state index contributed by atoms with van der Waals surface area (Å²) >= 11 is 0. The van der Waals surface area contributed by atoms with Gasteiger partial charge in [0.15, 0.2) is 0 Å². The van der Waals surface area contributed by atoms with E-state index in [0.29, 0.717) is 25.9 Å². The van der Waals surface area contributed by atoms with Crippen LogP contribution in [0.25, 0.3) is 0 Å². The molecule has 1 saturated heterocycles. The fourth-order valence-corrected chi connectivity index (χ4v) is 2.65. The van der Waals surface area contributed by atoms with Crippen LogP contribution in [0.1, 0.15) is 33.6 Å². The van der Waals surface area contributed by atoms with Crippen molar-refractivity contribution >= 4 is 16.1 Å². The highest BCUT2D eigenvalue weighted by Gasteiger charge is 2.29. The minimum absolute atomic E-state index is 0.0652. The van der Waals surface area contributed by atoms with Gasteiger partial charge in [0.1, 0.15) is 0 Å². The molecule has 1 aliphatic rings. The Hall–Kier alpha value is -0.660. The molecule has 1 heterocycles. The van der Waals surface area contributed by atoms with Crippen molar-refractivity contribution in [1.82, 2.24) is 5.06 Å². The molecule has 0 aromatic heterocycles. The number of hydroxylamine groups is 2. The van der Waals surface area contributed by atoms with Crippen LogP contribution in [0.5, 0.6) is 0 Å². The van der Waals surface area contributed by atoms with E-state index in [1.54, 1.807) is 25.8 Å². The van der Waals surface area contributed by atoms with E-state index in [-0.39, 0.29) is 17.6 Å². The molecule has 0 aromatic carbocycles. The molecule has 0 saturated carbocycles. The van der Waals surface area contributed by atoms with Crippen LogP contribution in [-0.4, -0.2) is 42.8 Å². The van der Waals surface area contributed by atoms with Crippen LogP contribution in [0.3, 0.4) is 0 Å². The predicted octanol–water partition coefficient (Wildman–Crippen LogP) is 1.09. The SMILES string of the molecule is CC(C)(C)C(=O)ON1CCC(CS(=O)(=O)O)CC1. The van der Waals surface area contributed by atoms with E-state index in [1.165, 1.54) is 0 Å². The molecule has 0 unspecified atom stereocenters. The first-order chi connectivity index (χ1) is 8.08. The topological polar surface area (TPSA) is 83.9 Å². The Kier molecular flexibility index (Phi) is 4.74. The minimum Gasteiger partial charge on any atom is -0.367 e. The zero-order chi connectivity index (χ0) is 14.0. The van der Waals surface area contributed by atoms with Crippen molar-refractivity contribution in [2.45, 2.75) is 33.6 Å². The lowest BCUT2D eigenvalue weighted by molar-refractivity contribution is -0.205. The van der Waals surface area contributed by atoms with Crippen LogP contribution in [0.4, 0.5) is 0 Å². The van der Waals surface area contributed by atoms with Crippen LogP contribution in [0.2, 0.25) is 0 Å². The quantitative estimate of drug-likeness (QED) is 0.779. The summed E-state index contributed by atoms with van der Waals surface area (Å²) in [5.41, 5.74) is -0.550. The van der Waals surface area contributed by atoms with Crippen molar-refractivity contribution in [3.8, 4) is 0 Å². The molecule has 0 bridgehead atoms. The maximum Gasteiger partial charge on any atom is 0.330 e. The van der Waals surface area contributed by atoms with Crippen LogP contribution in [0, 0.1) is 11.3 Å².